The van der Waals surface area contributed by atoms with E-state index in [0.29, 0.717) is 21.8 Å². The predicted octanol–water partition coefficient (Wildman–Crippen LogP) is 4.23. The summed E-state index contributed by atoms with van der Waals surface area (Å²) in [6.45, 7) is 0.216. The molecule has 2 aromatic heterocycles. The molecule has 29 heavy (non-hydrogen) atoms. The third-order valence-electron chi connectivity index (χ3n) is 4.42. The minimum Gasteiger partial charge on any atom is -0.350 e. The molecule has 0 radical (unpaired) electrons. The topological polar surface area (TPSA) is 64.0 Å². The molecule has 146 valence electrons. The van der Waals surface area contributed by atoms with Gasteiger partial charge in [-0.25, -0.2) is 9.37 Å². The van der Waals surface area contributed by atoms with Gasteiger partial charge in [-0.1, -0.05) is 35.9 Å². The first-order valence-electron chi connectivity index (χ1n) is 8.75. The van der Waals surface area contributed by atoms with Crippen molar-refractivity contribution in [3.05, 3.63) is 87.0 Å². The van der Waals surface area contributed by atoms with Gasteiger partial charge in [-0.15, -0.1) is 11.3 Å². The van der Waals surface area contributed by atoms with Crippen molar-refractivity contribution in [2.45, 2.75) is 13.1 Å². The summed E-state index contributed by atoms with van der Waals surface area (Å²) in [5.74, 6) is -0.619. The first kappa shape index (κ1) is 19.3. The summed E-state index contributed by atoms with van der Waals surface area (Å²) in [5.41, 5.74) is 2.72. The molecule has 1 amide bonds. The normalized spacial score (nSPS) is 11.0. The third-order valence-corrected chi connectivity index (χ3v) is 5.63. The molecule has 1 N–H and O–H groups in total. The van der Waals surface area contributed by atoms with E-state index in [1.807, 2.05) is 17.5 Å². The third kappa shape index (κ3) is 4.21. The second-order valence-corrected chi connectivity index (χ2v) is 7.73. The zero-order chi connectivity index (χ0) is 20.4. The largest absolute Gasteiger partial charge is 0.350 e. The van der Waals surface area contributed by atoms with E-state index in [2.05, 4.69) is 10.3 Å². The fourth-order valence-electron chi connectivity index (χ4n) is 2.90. The van der Waals surface area contributed by atoms with Crippen LogP contribution < -0.4 is 10.9 Å². The zero-order valence-electron chi connectivity index (χ0n) is 15.1. The lowest BCUT2D eigenvalue weighted by atomic mass is 10.1. The average Bonchev–Trinajstić information content (AvgIpc) is 3.15. The summed E-state index contributed by atoms with van der Waals surface area (Å²) in [5, 5.41) is 5.22. The highest BCUT2D eigenvalue weighted by Gasteiger charge is 2.14. The van der Waals surface area contributed by atoms with Gasteiger partial charge in [-0.3, -0.25) is 14.2 Å². The number of fused-ring (bicyclic) bond motifs is 1. The highest BCUT2D eigenvalue weighted by Crippen LogP contribution is 2.30. The molecular formula is C21H15ClFN3O2S. The van der Waals surface area contributed by atoms with Gasteiger partial charge in [-0.2, -0.15) is 0 Å². The number of benzene rings is 2. The Morgan fingerprint density at radius 1 is 1.14 bits per heavy atom. The number of thiophene rings is 1. The maximum absolute atomic E-state index is 13.2. The molecule has 4 aromatic rings. The quantitative estimate of drug-likeness (QED) is 0.518. The van der Waals surface area contributed by atoms with E-state index >= 15 is 0 Å². The first-order chi connectivity index (χ1) is 14.0. The van der Waals surface area contributed by atoms with Crippen LogP contribution in [0.1, 0.15) is 5.56 Å². The smallest absolute Gasteiger partial charge is 0.271 e. The van der Waals surface area contributed by atoms with Gasteiger partial charge in [-0.05, 0) is 35.4 Å². The monoisotopic (exact) mass is 427 g/mol. The fourth-order valence-corrected chi connectivity index (χ4v) is 4.00. The van der Waals surface area contributed by atoms with Gasteiger partial charge in [0, 0.05) is 22.5 Å². The maximum Gasteiger partial charge on any atom is 0.271 e. The SMILES string of the molecule is O=C(Cn1cnc2c(-c3ccc(F)cc3)csc2c1=O)NCc1ccc(Cl)cc1. The van der Waals surface area contributed by atoms with E-state index in [9.17, 15) is 14.0 Å². The number of halogens is 2. The van der Waals surface area contributed by atoms with Crippen LogP contribution in [0.15, 0.2) is 65.0 Å². The molecule has 0 saturated carbocycles. The van der Waals surface area contributed by atoms with Crippen molar-refractivity contribution >= 4 is 39.1 Å². The molecule has 0 aliphatic carbocycles. The number of nitrogens with zero attached hydrogens (tertiary/aromatic N) is 2. The highest BCUT2D eigenvalue weighted by atomic mass is 35.5. The molecule has 4 rings (SSSR count). The molecule has 0 bridgehead atoms. The van der Waals surface area contributed by atoms with Gasteiger partial charge in [0.25, 0.3) is 5.56 Å². The van der Waals surface area contributed by atoms with Gasteiger partial charge in [0.05, 0.1) is 11.8 Å². The number of hydrogen-bond donors (Lipinski definition) is 1. The van der Waals surface area contributed by atoms with Crippen LogP contribution in [0.5, 0.6) is 0 Å². The standard InChI is InChI=1S/C21H15ClFN3O2S/c22-15-5-1-13(2-6-15)9-24-18(27)10-26-12-25-19-17(11-29-20(19)21(26)28)14-3-7-16(23)8-4-14/h1-8,11-12H,9-10H2,(H,24,27). The molecule has 0 saturated heterocycles. The molecule has 0 atom stereocenters. The van der Waals surface area contributed by atoms with Crippen LogP contribution >= 0.6 is 22.9 Å². The lowest BCUT2D eigenvalue weighted by Gasteiger charge is -2.08. The molecule has 2 aromatic carbocycles. The molecule has 0 fully saturated rings. The van der Waals surface area contributed by atoms with Crippen molar-refractivity contribution < 1.29 is 9.18 Å². The number of aromatic nitrogens is 2. The summed E-state index contributed by atoms with van der Waals surface area (Å²) in [7, 11) is 0. The van der Waals surface area contributed by atoms with Crippen LogP contribution in [0, 0.1) is 5.82 Å². The van der Waals surface area contributed by atoms with Gasteiger partial charge < -0.3 is 5.32 Å². The number of carbonyl (C=O) groups is 1. The van der Waals surface area contributed by atoms with Gasteiger partial charge in [0.1, 0.15) is 17.1 Å². The Morgan fingerprint density at radius 2 is 1.86 bits per heavy atom. The summed E-state index contributed by atoms with van der Waals surface area (Å²) in [4.78, 5) is 29.4. The Labute approximate surface area is 174 Å². The van der Waals surface area contributed by atoms with Gasteiger partial charge >= 0.3 is 0 Å². The Kier molecular flexibility index (Phi) is 5.42. The number of hydrogen-bond acceptors (Lipinski definition) is 4. The number of nitrogens with one attached hydrogen (secondary N) is 1. The number of amides is 1. The van der Waals surface area contributed by atoms with Crippen LogP contribution in [0.4, 0.5) is 4.39 Å². The van der Waals surface area contributed by atoms with Gasteiger partial charge in [0.2, 0.25) is 5.91 Å². The minimum absolute atomic E-state index is 0.126. The van der Waals surface area contributed by atoms with E-state index in [4.69, 9.17) is 11.6 Å². The predicted molar refractivity (Wildman–Crippen MR) is 113 cm³/mol. The molecule has 5 nitrogen and oxygen atoms in total. The van der Waals surface area contributed by atoms with Crippen molar-refractivity contribution in [3.8, 4) is 11.1 Å². The van der Waals surface area contributed by atoms with Crippen LogP contribution in [0.3, 0.4) is 0 Å². The van der Waals surface area contributed by atoms with Crippen molar-refractivity contribution in [1.29, 1.82) is 0 Å². The summed E-state index contributed by atoms with van der Waals surface area (Å²) < 4.78 is 14.9. The van der Waals surface area contributed by atoms with Crippen LogP contribution in [-0.2, 0) is 17.9 Å². The van der Waals surface area contributed by atoms with E-state index in [0.717, 1.165) is 16.7 Å². The first-order valence-corrected chi connectivity index (χ1v) is 10.0. The number of rotatable bonds is 5. The van der Waals surface area contributed by atoms with Crippen LogP contribution in [0.25, 0.3) is 21.3 Å². The lowest BCUT2D eigenvalue weighted by molar-refractivity contribution is -0.121. The zero-order valence-corrected chi connectivity index (χ0v) is 16.6. The van der Waals surface area contributed by atoms with E-state index in [1.165, 1.54) is 34.4 Å². The van der Waals surface area contributed by atoms with Crippen LogP contribution in [-0.4, -0.2) is 15.5 Å². The molecule has 0 aliphatic heterocycles. The Hall–Kier alpha value is -3.03. The summed E-state index contributed by atoms with van der Waals surface area (Å²) in [6, 6.07) is 13.2. The second-order valence-electron chi connectivity index (χ2n) is 6.41. The van der Waals surface area contributed by atoms with E-state index in [-0.39, 0.29) is 23.8 Å². The van der Waals surface area contributed by atoms with Crippen molar-refractivity contribution in [2.75, 3.05) is 0 Å². The fraction of sp³-hybridized carbons (Fsp3) is 0.0952. The minimum atomic E-state index is -0.326. The Bertz CT molecular complexity index is 1230. The van der Waals surface area contributed by atoms with Crippen molar-refractivity contribution in [2.24, 2.45) is 0 Å². The summed E-state index contributed by atoms with van der Waals surface area (Å²) in [6.07, 6.45) is 1.37. The lowest BCUT2D eigenvalue weighted by Crippen LogP contribution is -2.31. The summed E-state index contributed by atoms with van der Waals surface area (Å²) >= 11 is 7.11. The highest BCUT2D eigenvalue weighted by molar-refractivity contribution is 7.17. The maximum atomic E-state index is 13.2. The number of carbonyl (C=O) groups excluding carboxylic acids is 1. The molecular weight excluding hydrogens is 413 g/mol. The molecule has 0 aliphatic rings. The van der Waals surface area contributed by atoms with Gasteiger partial charge in [0.15, 0.2) is 0 Å². The van der Waals surface area contributed by atoms with E-state index < -0.39 is 0 Å². The van der Waals surface area contributed by atoms with Crippen molar-refractivity contribution in [1.82, 2.24) is 14.9 Å². The van der Waals surface area contributed by atoms with E-state index in [1.54, 1.807) is 24.3 Å². The van der Waals surface area contributed by atoms with Crippen molar-refractivity contribution in [3.63, 3.8) is 0 Å². The molecule has 8 heteroatoms. The Morgan fingerprint density at radius 3 is 2.59 bits per heavy atom. The average molecular weight is 428 g/mol. The molecule has 0 spiro atoms. The second kappa shape index (κ2) is 8.14. The van der Waals surface area contributed by atoms with Crippen LogP contribution in [0.2, 0.25) is 5.02 Å². The molecule has 0 unspecified atom stereocenters. The molecule has 2 heterocycles. The Balaban J connectivity index is 1.52.